The standard InChI is InChI=1S/C10H16O3/c1-6-8-4-5-10(12-3,13-8)7(2)9(6)11/h4-9,11H,1-3H3/t6-,7+,8-,9+,10+/m1/s1. The van der Waals surface area contributed by atoms with Crippen molar-refractivity contribution in [1.29, 1.82) is 0 Å². The Balaban J connectivity index is 2.31. The van der Waals surface area contributed by atoms with Crippen LogP contribution in [0.5, 0.6) is 0 Å². The second-order valence-electron chi connectivity index (χ2n) is 4.01. The van der Waals surface area contributed by atoms with Crippen molar-refractivity contribution < 1.29 is 14.6 Å². The molecule has 0 saturated carbocycles. The summed E-state index contributed by atoms with van der Waals surface area (Å²) in [4.78, 5) is 0. The zero-order valence-corrected chi connectivity index (χ0v) is 8.23. The van der Waals surface area contributed by atoms with Gasteiger partial charge in [-0.05, 0) is 6.08 Å². The molecule has 1 N–H and O–H groups in total. The van der Waals surface area contributed by atoms with Crippen LogP contribution in [0.4, 0.5) is 0 Å². The third kappa shape index (κ3) is 1.08. The molecule has 3 heteroatoms. The van der Waals surface area contributed by atoms with Crippen molar-refractivity contribution in [3.05, 3.63) is 12.2 Å². The highest BCUT2D eigenvalue weighted by Crippen LogP contribution is 2.43. The molecule has 0 radical (unpaired) electrons. The molecule has 0 aromatic rings. The second kappa shape index (κ2) is 2.80. The van der Waals surface area contributed by atoms with E-state index in [1.165, 1.54) is 0 Å². The molecule has 0 aromatic heterocycles. The molecule has 74 valence electrons. The highest BCUT2D eigenvalue weighted by atomic mass is 16.7. The number of hydrogen-bond donors (Lipinski definition) is 1. The Morgan fingerprint density at radius 1 is 1.46 bits per heavy atom. The minimum absolute atomic E-state index is 0.00569. The number of fused-ring (bicyclic) bond motifs is 2. The highest BCUT2D eigenvalue weighted by Gasteiger charge is 2.52. The van der Waals surface area contributed by atoms with Crippen LogP contribution < -0.4 is 0 Å². The maximum Gasteiger partial charge on any atom is 0.193 e. The summed E-state index contributed by atoms with van der Waals surface area (Å²) in [6.07, 6.45) is 3.57. The molecule has 2 aliphatic heterocycles. The number of ether oxygens (including phenoxy) is 2. The second-order valence-corrected chi connectivity index (χ2v) is 4.01. The monoisotopic (exact) mass is 184 g/mol. The van der Waals surface area contributed by atoms with Crippen molar-refractivity contribution in [3.63, 3.8) is 0 Å². The lowest BCUT2D eigenvalue weighted by molar-refractivity contribution is -0.279. The SMILES string of the molecule is CO[C@@]12C=C[C@@H](O1)[C@@H](C)[C@H](O)[C@@H]2C. The summed E-state index contributed by atoms with van der Waals surface area (Å²) >= 11 is 0. The minimum atomic E-state index is -0.684. The van der Waals surface area contributed by atoms with Gasteiger partial charge >= 0.3 is 0 Å². The molecule has 2 aliphatic rings. The van der Waals surface area contributed by atoms with Gasteiger partial charge in [0, 0.05) is 18.9 Å². The Bertz CT molecular complexity index is 238. The molecule has 3 nitrogen and oxygen atoms in total. The van der Waals surface area contributed by atoms with Gasteiger partial charge in [0.05, 0.1) is 12.2 Å². The summed E-state index contributed by atoms with van der Waals surface area (Å²) in [5, 5.41) is 9.92. The van der Waals surface area contributed by atoms with Gasteiger partial charge in [0.1, 0.15) is 0 Å². The first kappa shape index (κ1) is 9.19. The summed E-state index contributed by atoms with van der Waals surface area (Å²) in [5.41, 5.74) is 0. The van der Waals surface area contributed by atoms with Crippen LogP contribution in [0, 0.1) is 11.8 Å². The van der Waals surface area contributed by atoms with Crippen molar-refractivity contribution in [3.8, 4) is 0 Å². The fourth-order valence-corrected chi connectivity index (χ4v) is 2.25. The quantitative estimate of drug-likeness (QED) is 0.616. The molecule has 1 saturated heterocycles. The Labute approximate surface area is 78.3 Å². The largest absolute Gasteiger partial charge is 0.392 e. The summed E-state index contributed by atoms with van der Waals surface area (Å²) in [7, 11) is 1.62. The van der Waals surface area contributed by atoms with E-state index >= 15 is 0 Å². The van der Waals surface area contributed by atoms with Gasteiger partial charge in [0.25, 0.3) is 0 Å². The van der Waals surface area contributed by atoms with Crippen LogP contribution in [-0.2, 0) is 9.47 Å². The molecule has 0 aromatic carbocycles. The molecule has 2 bridgehead atoms. The molecule has 0 amide bonds. The van der Waals surface area contributed by atoms with Gasteiger partial charge in [-0.15, -0.1) is 0 Å². The molecule has 1 fully saturated rings. The van der Waals surface area contributed by atoms with Gasteiger partial charge in [0.2, 0.25) is 0 Å². The molecule has 13 heavy (non-hydrogen) atoms. The van der Waals surface area contributed by atoms with E-state index in [1.54, 1.807) is 7.11 Å². The molecule has 0 spiro atoms. The fourth-order valence-electron chi connectivity index (χ4n) is 2.25. The van der Waals surface area contributed by atoms with E-state index < -0.39 is 5.79 Å². The lowest BCUT2D eigenvalue weighted by Crippen LogP contribution is -2.53. The Morgan fingerprint density at radius 2 is 2.15 bits per heavy atom. The fraction of sp³-hybridized carbons (Fsp3) is 0.800. The van der Waals surface area contributed by atoms with E-state index in [0.717, 1.165) is 0 Å². The smallest absolute Gasteiger partial charge is 0.193 e. The normalized spacial score (nSPS) is 54.2. The van der Waals surface area contributed by atoms with Crippen molar-refractivity contribution in [2.45, 2.75) is 31.8 Å². The van der Waals surface area contributed by atoms with Crippen molar-refractivity contribution in [1.82, 2.24) is 0 Å². The Morgan fingerprint density at radius 3 is 2.77 bits per heavy atom. The molecule has 5 atom stereocenters. The number of rotatable bonds is 1. The van der Waals surface area contributed by atoms with Crippen LogP contribution in [0.2, 0.25) is 0 Å². The zero-order chi connectivity index (χ0) is 9.64. The average Bonchev–Trinajstić information content (AvgIpc) is 2.55. The summed E-state index contributed by atoms with van der Waals surface area (Å²) in [6.45, 7) is 3.96. The lowest BCUT2D eigenvalue weighted by Gasteiger charge is -2.43. The molecule has 0 unspecified atom stereocenters. The van der Waals surface area contributed by atoms with Crippen molar-refractivity contribution >= 4 is 0 Å². The van der Waals surface area contributed by atoms with Gasteiger partial charge in [-0.1, -0.05) is 19.9 Å². The number of hydrogen-bond acceptors (Lipinski definition) is 3. The van der Waals surface area contributed by atoms with E-state index in [9.17, 15) is 5.11 Å². The number of methoxy groups -OCH3 is 1. The first-order valence-electron chi connectivity index (χ1n) is 4.71. The molecule has 2 heterocycles. The lowest BCUT2D eigenvalue weighted by atomic mass is 9.84. The van der Waals surface area contributed by atoms with Crippen LogP contribution in [0.15, 0.2) is 12.2 Å². The first-order chi connectivity index (χ1) is 6.10. The average molecular weight is 184 g/mol. The highest BCUT2D eigenvalue weighted by molar-refractivity contribution is 5.16. The van der Waals surface area contributed by atoms with Crippen molar-refractivity contribution in [2.75, 3.05) is 7.11 Å². The van der Waals surface area contributed by atoms with E-state index in [-0.39, 0.29) is 24.0 Å². The third-order valence-corrected chi connectivity index (χ3v) is 3.36. The van der Waals surface area contributed by atoms with Crippen LogP contribution in [0.1, 0.15) is 13.8 Å². The van der Waals surface area contributed by atoms with Crippen LogP contribution in [0.3, 0.4) is 0 Å². The van der Waals surface area contributed by atoms with Gasteiger partial charge in [0.15, 0.2) is 5.79 Å². The predicted octanol–water partition coefficient (Wildman–Crippen LogP) is 0.931. The zero-order valence-electron chi connectivity index (χ0n) is 8.23. The molecular weight excluding hydrogens is 168 g/mol. The summed E-state index contributed by atoms with van der Waals surface area (Å²) < 4.78 is 11.1. The predicted molar refractivity (Wildman–Crippen MR) is 48.1 cm³/mol. The molecular formula is C10H16O3. The molecule has 0 aliphatic carbocycles. The van der Waals surface area contributed by atoms with E-state index in [2.05, 4.69) is 0 Å². The summed E-state index contributed by atoms with van der Waals surface area (Å²) in [6, 6.07) is 0. The van der Waals surface area contributed by atoms with Crippen LogP contribution in [0.25, 0.3) is 0 Å². The van der Waals surface area contributed by atoms with E-state index in [1.807, 2.05) is 26.0 Å². The van der Waals surface area contributed by atoms with Gasteiger partial charge in [-0.2, -0.15) is 0 Å². The molecule has 2 rings (SSSR count). The van der Waals surface area contributed by atoms with E-state index in [0.29, 0.717) is 0 Å². The Hall–Kier alpha value is -0.380. The van der Waals surface area contributed by atoms with Crippen LogP contribution in [-0.4, -0.2) is 30.2 Å². The topological polar surface area (TPSA) is 38.7 Å². The minimum Gasteiger partial charge on any atom is -0.392 e. The number of aliphatic hydroxyl groups is 1. The van der Waals surface area contributed by atoms with E-state index in [4.69, 9.17) is 9.47 Å². The maximum atomic E-state index is 9.92. The van der Waals surface area contributed by atoms with Crippen molar-refractivity contribution in [2.24, 2.45) is 11.8 Å². The first-order valence-corrected chi connectivity index (χ1v) is 4.71. The Kier molecular flexibility index (Phi) is 1.98. The van der Waals surface area contributed by atoms with Gasteiger partial charge in [-0.3, -0.25) is 0 Å². The van der Waals surface area contributed by atoms with Gasteiger partial charge < -0.3 is 14.6 Å². The van der Waals surface area contributed by atoms with Crippen LogP contribution >= 0.6 is 0 Å². The van der Waals surface area contributed by atoms with Gasteiger partial charge in [-0.25, -0.2) is 0 Å². The third-order valence-electron chi connectivity index (χ3n) is 3.36. The number of aliphatic hydroxyl groups excluding tert-OH is 1. The summed E-state index contributed by atoms with van der Waals surface area (Å²) in [5.74, 6) is -0.545. The maximum absolute atomic E-state index is 9.92.